The first kappa shape index (κ1) is 15.2. The van der Waals surface area contributed by atoms with Crippen LogP contribution in [0.1, 0.15) is 34.3 Å². The summed E-state index contributed by atoms with van der Waals surface area (Å²) in [4.78, 5) is 16.7. The van der Waals surface area contributed by atoms with E-state index >= 15 is 0 Å². The number of aliphatic imine (C=N–C) groups is 1. The molecule has 4 heteroatoms. The van der Waals surface area contributed by atoms with E-state index in [4.69, 9.17) is 16.6 Å². The van der Waals surface area contributed by atoms with Gasteiger partial charge in [-0.25, -0.2) is 0 Å². The van der Waals surface area contributed by atoms with Crippen molar-refractivity contribution < 1.29 is 4.79 Å². The van der Waals surface area contributed by atoms with Gasteiger partial charge in [-0.2, -0.15) is 0 Å². The monoisotopic (exact) mass is 336 g/mol. The Labute approximate surface area is 146 Å². The summed E-state index contributed by atoms with van der Waals surface area (Å²) in [5.74, 6) is -0.00549. The number of carbonyl (C=O) groups excluding carboxylic acids is 1. The molecule has 0 aromatic heterocycles. The molecule has 2 aromatic carbocycles. The largest absolute Gasteiger partial charge is 0.348 e. The van der Waals surface area contributed by atoms with E-state index in [0.717, 1.165) is 52.9 Å². The van der Waals surface area contributed by atoms with E-state index in [-0.39, 0.29) is 5.91 Å². The Kier molecular flexibility index (Phi) is 3.95. The van der Waals surface area contributed by atoms with Gasteiger partial charge in [-0.3, -0.25) is 9.79 Å². The van der Waals surface area contributed by atoms with Crippen LogP contribution in [-0.2, 0) is 6.54 Å². The molecule has 2 aliphatic rings. The van der Waals surface area contributed by atoms with E-state index in [9.17, 15) is 4.79 Å². The van der Waals surface area contributed by atoms with E-state index in [2.05, 4.69) is 23.5 Å². The fourth-order valence-corrected chi connectivity index (χ4v) is 3.36. The van der Waals surface area contributed by atoms with E-state index in [1.54, 1.807) is 0 Å². The maximum Gasteiger partial charge on any atom is 0.251 e. The van der Waals surface area contributed by atoms with Crippen molar-refractivity contribution in [1.29, 1.82) is 0 Å². The molecule has 0 atom stereocenters. The van der Waals surface area contributed by atoms with E-state index in [0.29, 0.717) is 11.6 Å². The van der Waals surface area contributed by atoms with Gasteiger partial charge in [0.05, 0.1) is 5.71 Å². The highest BCUT2D eigenvalue weighted by molar-refractivity contribution is 6.31. The van der Waals surface area contributed by atoms with Gasteiger partial charge in [0, 0.05) is 29.2 Å². The molecular weight excluding hydrogens is 320 g/mol. The third-order valence-corrected chi connectivity index (χ3v) is 4.68. The lowest BCUT2D eigenvalue weighted by molar-refractivity contribution is 0.0966. The zero-order valence-electron chi connectivity index (χ0n) is 13.2. The molecule has 2 aromatic rings. The van der Waals surface area contributed by atoms with Gasteiger partial charge in [0.1, 0.15) is 0 Å². The molecule has 0 aliphatic carbocycles. The number of hydrogen-bond donors (Lipinski definition) is 1. The Hall–Kier alpha value is -2.39. The van der Waals surface area contributed by atoms with Crippen LogP contribution < -0.4 is 5.32 Å². The van der Waals surface area contributed by atoms with Crippen molar-refractivity contribution in [2.75, 3.05) is 6.54 Å². The van der Waals surface area contributed by atoms with Crippen LogP contribution in [-0.4, -0.2) is 18.2 Å². The third-order valence-electron chi connectivity index (χ3n) is 4.45. The molecule has 24 heavy (non-hydrogen) atoms. The topological polar surface area (TPSA) is 41.5 Å². The molecule has 0 radical (unpaired) electrons. The number of halogens is 1. The second kappa shape index (κ2) is 6.25. The highest BCUT2D eigenvalue weighted by Crippen LogP contribution is 2.30. The number of hydrogen-bond acceptors (Lipinski definition) is 2. The normalized spacial score (nSPS) is 16.4. The van der Waals surface area contributed by atoms with E-state index < -0.39 is 0 Å². The molecule has 0 bridgehead atoms. The van der Waals surface area contributed by atoms with E-state index in [1.807, 2.05) is 30.3 Å². The number of rotatable bonds is 2. The number of nitrogens with one attached hydrogen (secondary N) is 1. The summed E-state index contributed by atoms with van der Waals surface area (Å²) < 4.78 is 0. The van der Waals surface area contributed by atoms with Crippen LogP contribution in [0.2, 0.25) is 5.02 Å². The Morgan fingerprint density at radius 1 is 1.04 bits per heavy atom. The lowest BCUT2D eigenvalue weighted by Gasteiger charge is -2.12. The number of nitrogens with zero attached hydrogens (tertiary/aromatic N) is 1. The average molecular weight is 337 g/mol. The van der Waals surface area contributed by atoms with Gasteiger partial charge in [-0.15, -0.1) is 0 Å². The van der Waals surface area contributed by atoms with Gasteiger partial charge < -0.3 is 5.32 Å². The zero-order chi connectivity index (χ0) is 16.5. The average Bonchev–Trinajstić information content (AvgIpc) is 2.81. The van der Waals surface area contributed by atoms with Crippen molar-refractivity contribution in [3.63, 3.8) is 0 Å². The van der Waals surface area contributed by atoms with Crippen molar-refractivity contribution in [1.82, 2.24) is 5.32 Å². The lowest BCUT2D eigenvalue weighted by Crippen LogP contribution is -2.12. The summed E-state index contributed by atoms with van der Waals surface area (Å²) in [6.07, 6.45) is 6.34. The van der Waals surface area contributed by atoms with Crippen LogP contribution in [0.5, 0.6) is 0 Å². The maximum atomic E-state index is 12.0. The van der Waals surface area contributed by atoms with Gasteiger partial charge in [0.2, 0.25) is 0 Å². The minimum Gasteiger partial charge on any atom is -0.348 e. The van der Waals surface area contributed by atoms with Gasteiger partial charge in [0.15, 0.2) is 0 Å². The smallest absolute Gasteiger partial charge is 0.251 e. The summed E-state index contributed by atoms with van der Waals surface area (Å²) in [6.45, 7) is 1.43. The SMILES string of the molecule is O=C1NCc2ccc(-c3ccc(Cl)cc3C3=NCCCC=C3)cc21. The summed E-state index contributed by atoms with van der Waals surface area (Å²) in [7, 11) is 0. The van der Waals surface area contributed by atoms with Gasteiger partial charge in [-0.1, -0.05) is 35.9 Å². The van der Waals surface area contributed by atoms with Gasteiger partial charge in [-0.05, 0) is 53.8 Å². The molecule has 2 heterocycles. The molecular formula is C20H17ClN2O. The molecule has 0 fully saturated rings. The molecule has 4 rings (SSSR count). The van der Waals surface area contributed by atoms with Crippen molar-refractivity contribution >= 4 is 23.2 Å². The summed E-state index contributed by atoms with van der Waals surface area (Å²) >= 11 is 6.24. The molecule has 120 valence electrons. The number of carbonyl (C=O) groups is 1. The van der Waals surface area contributed by atoms with Crippen molar-refractivity contribution in [3.8, 4) is 11.1 Å². The fourth-order valence-electron chi connectivity index (χ4n) is 3.19. The second-order valence-electron chi connectivity index (χ2n) is 6.06. The molecule has 1 amide bonds. The summed E-state index contributed by atoms with van der Waals surface area (Å²) in [5.41, 5.74) is 5.83. The number of fused-ring (bicyclic) bond motifs is 1. The summed E-state index contributed by atoms with van der Waals surface area (Å²) in [5, 5.41) is 3.55. The minimum absolute atomic E-state index is 0.00549. The van der Waals surface area contributed by atoms with Gasteiger partial charge in [0.25, 0.3) is 5.91 Å². The first-order chi connectivity index (χ1) is 11.7. The minimum atomic E-state index is -0.00549. The number of allylic oxidation sites excluding steroid dienone is 2. The van der Waals surface area contributed by atoms with Crippen LogP contribution in [0.15, 0.2) is 53.5 Å². The van der Waals surface area contributed by atoms with E-state index in [1.165, 1.54) is 0 Å². The Bertz CT molecular complexity index is 883. The molecule has 2 aliphatic heterocycles. The Morgan fingerprint density at radius 3 is 2.88 bits per heavy atom. The number of amides is 1. The Balaban J connectivity index is 1.86. The maximum absolute atomic E-state index is 12.0. The third kappa shape index (κ3) is 2.76. The quantitative estimate of drug-likeness (QED) is 0.868. The molecule has 3 nitrogen and oxygen atoms in total. The van der Waals surface area contributed by atoms with Crippen molar-refractivity contribution in [3.05, 3.63) is 70.3 Å². The molecule has 1 N–H and O–H groups in total. The van der Waals surface area contributed by atoms with Crippen LogP contribution in [0, 0.1) is 0 Å². The van der Waals surface area contributed by atoms with Crippen molar-refractivity contribution in [2.24, 2.45) is 4.99 Å². The molecule has 0 unspecified atom stereocenters. The van der Waals surface area contributed by atoms with Gasteiger partial charge >= 0.3 is 0 Å². The first-order valence-electron chi connectivity index (χ1n) is 8.15. The molecule has 0 spiro atoms. The van der Waals surface area contributed by atoms with Crippen LogP contribution >= 0.6 is 11.6 Å². The predicted molar refractivity (Wildman–Crippen MR) is 97.8 cm³/mol. The van der Waals surface area contributed by atoms with Crippen LogP contribution in [0.3, 0.4) is 0 Å². The predicted octanol–water partition coefficient (Wildman–Crippen LogP) is 4.39. The second-order valence-corrected chi connectivity index (χ2v) is 6.49. The Morgan fingerprint density at radius 2 is 1.96 bits per heavy atom. The van der Waals surface area contributed by atoms with Crippen molar-refractivity contribution in [2.45, 2.75) is 19.4 Å². The number of benzene rings is 2. The lowest BCUT2D eigenvalue weighted by atomic mass is 9.94. The highest BCUT2D eigenvalue weighted by atomic mass is 35.5. The summed E-state index contributed by atoms with van der Waals surface area (Å²) in [6, 6.07) is 11.9. The molecule has 0 saturated heterocycles. The van der Waals surface area contributed by atoms with Crippen LogP contribution in [0.25, 0.3) is 11.1 Å². The standard InChI is InChI=1S/C20H17ClN2O/c21-15-7-8-16(18(11-15)19-4-2-1-3-9-22-19)13-5-6-14-12-23-20(24)17(14)10-13/h2,4-8,10-11H,1,3,9,12H2,(H,23,24). The fraction of sp³-hybridized carbons (Fsp3) is 0.200. The highest BCUT2D eigenvalue weighted by Gasteiger charge is 2.20. The first-order valence-corrected chi connectivity index (χ1v) is 8.52. The molecule has 0 saturated carbocycles. The zero-order valence-corrected chi connectivity index (χ0v) is 13.9. The van der Waals surface area contributed by atoms with Crippen LogP contribution in [0.4, 0.5) is 0 Å².